The van der Waals surface area contributed by atoms with Crippen LogP contribution in [-0.4, -0.2) is 21.9 Å². The molecule has 5 nitrogen and oxygen atoms in total. The van der Waals surface area contributed by atoms with Gasteiger partial charge in [0, 0.05) is 5.56 Å². The zero-order valence-electron chi connectivity index (χ0n) is 10.3. The van der Waals surface area contributed by atoms with E-state index < -0.39 is 0 Å². The molecule has 0 unspecified atom stereocenters. The molecule has 0 aliphatic rings. The molecule has 1 heterocycles. The standard InChI is InChI=1S/C13H16N2O3/c1-2-3-8-17-11-6-4-10(5-7-11)13-14-12(9-16)15-18-13/h4-7,16H,2-3,8-9H2,1H3. The molecule has 18 heavy (non-hydrogen) atoms. The number of benzene rings is 1. The van der Waals surface area contributed by atoms with Gasteiger partial charge in [-0.3, -0.25) is 0 Å². The van der Waals surface area contributed by atoms with Gasteiger partial charge in [0.2, 0.25) is 0 Å². The average molecular weight is 248 g/mol. The summed E-state index contributed by atoms with van der Waals surface area (Å²) >= 11 is 0. The van der Waals surface area contributed by atoms with E-state index >= 15 is 0 Å². The molecule has 0 atom stereocenters. The highest BCUT2D eigenvalue weighted by Gasteiger charge is 2.07. The first-order valence-corrected chi connectivity index (χ1v) is 6.00. The van der Waals surface area contributed by atoms with Crippen LogP contribution in [0.3, 0.4) is 0 Å². The van der Waals surface area contributed by atoms with E-state index in [2.05, 4.69) is 17.1 Å². The number of unbranched alkanes of at least 4 members (excludes halogenated alkanes) is 1. The lowest BCUT2D eigenvalue weighted by Crippen LogP contribution is -1.95. The summed E-state index contributed by atoms with van der Waals surface area (Å²) in [6.07, 6.45) is 2.16. The number of aliphatic hydroxyl groups excluding tert-OH is 1. The summed E-state index contributed by atoms with van der Waals surface area (Å²) in [6.45, 7) is 2.63. The third-order valence-corrected chi connectivity index (χ3v) is 2.48. The van der Waals surface area contributed by atoms with Gasteiger partial charge in [0.25, 0.3) is 5.89 Å². The second kappa shape index (κ2) is 6.16. The maximum atomic E-state index is 8.86. The second-order valence-electron chi connectivity index (χ2n) is 3.90. The molecule has 0 amide bonds. The predicted octanol–water partition coefficient (Wildman–Crippen LogP) is 2.41. The molecule has 1 N–H and O–H groups in total. The fraction of sp³-hybridized carbons (Fsp3) is 0.385. The van der Waals surface area contributed by atoms with E-state index in [0.29, 0.717) is 5.89 Å². The van der Waals surface area contributed by atoms with Gasteiger partial charge in [0.05, 0.1) is 6.61 Å². The van der Waals surface area contributed by atoms with Crippen molar-refractivity contribution in [2.24, 2.45) is 0 Å². The van der Waals surface area contributed by atoms with Gasteiger partial charge in [-0.05, 0) is 30.7 Å². The summed E-state index contributed by atoms with van der Waals surface area (Å²) in [4.78, 5) is 4.04. The lowest BCUT2D eigenvalue weighted by Gasteiger charge is -2.04. The Morgan fingerprint density at radius 1 is 1.28 bits per heavy atom. The van der Waals surface area contributed by atoms with Crippen molar-refractivity contribution in [1.29, 1.82) is 0 Å². The van der Waals surface area contributed by atoms with Crippen molar-refractivity contribution in [2.45, 2.75) is 26.4 Å². The molecule has 0 saturated heterocycles. The molecule has 2 rings (SSSR count). The Hall–Kier alpha value is -1.88. The molecule has 1 aromatic carbocycles. The number of rotatable bonds is 6. The number of hydrogen-bond donors (Lipinski definition) is 1. The lowest BCUT2D eigenvalue weighted by atomic mass is 10.2. The van der Waals surface area contributed by atoms with Crippen molar-refractivity contribution in [3.05, 3.63) is 30.1 Å². The minimum Gasteiger partial charge on any atom is -0.494 e. The molecule has 0 saturated carbocycles. The van der Waals surface area contributed by atoms with E-state index in [-0.39, 0.29) is 12.4 Å². The first kappa shape index (κ1) is 12.6. The smallest absolute Gasteiger partial charge is 0.258 e. The maximum Gasteiger partial charge on any atom is 0.258 e. The zero-order valence-corrected chi connectivity index (χ0v) is 10.3. The molecule has 0 fully saturated rings. The summed E-state index contributed by atoms with van der Waals surface area (Å²) in [5, 5.41) is 12.5. The molecule has 0 spiro atoms. The Morgan fingerprint density at radius 3 is 2.67 bits per heavy atom. The fourth-order valence-corrected chi connectivity index (χ4v) is 1.46. The van der Waals surface area contributed by atoms with E-state index in [4.69, 9.17) is 14.4 Å². The fourth-order valence-electron chi connectivity index (χ4n) is 1.46. The van der Waals surface area contributed by atoms with Crippen molar-refractivity contribution >= 4 is 0 Å². The number of aliphatic hydroxyl groups is 1. The summed E-state index contributed by atoms with van der Waals surface area (Å²) in [6, 6.07) is 7.45. The largest absolute Gasteiger partial charge is 0.494 e. The Balaban J connectivity index is 2.02. The summed E-state index contributed by atoms with van der Waals surface area (Å²) in [5.74, 6) is 1.52. The van der Waals surface area contributed by atoms with Gasteiger partial charge in [0.1, 0.15) is 12.4 Å². The minimum absolute atomic E-state index is 0.221. The minimum atomic E-state index is -0.221. The second-order valence-corrected chi connectivity index (χ2v) is 3.90. The van der Waals surface area contributed by atoms with Crippen LogP contribution < -0.4 is 4.74 Å². The normalized spacial score (nSPS) is 10.6. The molecular weight excluding hydrogens is 232 g/mol. The monoisotopic (exact) mass is 248 g/mol. The van der Waals surface area contributed by atoms with Crippen LogP contribution in [0.15, 0.2) is 28.8 Å². The van der Waals surface area contributed by atoms with E-state index in [1.165, 1.54) is 0 Å². The van der Waals surface area contributed by atoms with Crippen LogP contribution in [0.4, 0.5) is 0 Å². The van der Waals surface area contributed by atoms with Crippen LogP contribution in [0.1, 0.15) is 25.6 Å². The molecular formula is C13H16N2O3. The van der Waals surface area contributed by atoms with Gasteiger partial charge >= 0.3 is 0 Å². The van der Waals surface area contributed by atoms with Gasteiger partial charge in [-0.25, -0.2) is 0 Å². The van der Waals surface area contributed by atoms with Crippen LogP contribution in [-0.2, 0) is 6.61 Å². The first-order valence-electron chi connectivity index (χ1n) is 6.00. The molecule has 0 bridgehead atoms. The Labute approximate surface area is 105 Å². The molecule has 2 aromatic rings. The van der Waals surface area contributed by atoms with Crippen molar-refractivity contribution in [2.75, 3.05) is 6.61 Å². The Bertz CT molecular complexity index is 479. The number of hydrogen-bond acceptors (Lipinski definition) is 5. The number of aromatic nitrogens is 2. The van der Waals surface area contributed by atoms with Crippen LogP contribution in [0.5, 0.6) is 5.75 Å². The number of ether oxygens (including phenoxy) is 1. The summed E-state index contributed by atoms with van der Waals surface area (Å²) < 4.78 is 10.6. The van der Waals surface area contributed by atoms with E-state index in [0.717, 1.165) is 30.8 Å². The third-order valence-electron chi connectivity index (χ3n) is 2.48. The SMILES string of the molecule is CCCCOc1ccc(-c2nc(CO)no2)cc1. The first-order chi connectivity index (χ1) is 8.83. The van der Waals surface area contributed by atoms with Crippen LogP contribution in [0, 0.1) is 0 Å². The molecule has 96 valence electrons. The predicted molar refractivity (Wildman–Crippen MR) is 66.1 cm³/mol. The molecule has 0 aliphatic carbocycles. The molecule has 5 heteroatoms. The van der Waals surface area contributed by atoms with Crippen molar-refractivity contribution in [3.63, 3.8) is 0 Å². The highest BCUT2D eigenvalue weighted by molar-refractivity contribution is 5.54. The zero-order chi connectivity index (χ0) is 12.8. The molecule has 0 aliphatic heterocycles. The molecule has 1 aromatic heterocycles. The topological polar surface area (TPSA) is 68.4 Å². The average Bonchev–Trinajstić information content (AvgIpc) is 2.89. The van der Waals surface area contributed by atoms with Crippen molar-refractivity contribution in [1.82, 2.24) is 10.1 Å². The van der Waals surface area contributed by atoms with Gasteiger partial charge < -0.3 is 14.4 Å². The highest BCUT2D eigenvalue weighted by atomic mass is 16.5. The third kappa shape index (κ3) is 3.07. The van der Waals surface area contributed by atoms with Crippen LogP contribution in [0.25, 0.3) is 11.5 Å². The van der Waals surface area contributed by atoms with Crippen LogP contribution >= 0.6 is 0 Å². The van der Waals surface area contributed by atoms with Crippen molar-refractivity contribution in [3.8, 4) is 17.2 Å². The van der Waals surface area contributed by atoms with Crippen molar-refractivity contribution < 1.29 is 14.4 Å². The Morgan fingerprint density at radius 2 is 2.06 bits per heavy atom. The van der Waals surface area contributed by atoms with E-state index in [1.54, 1.807) is 0 Å². The van der Waals surface area contributed by atoms with Gasteiger partial charge in [-0.2, -0.15) is 4.98 Å². The quantitative estimate of drug-likeness (QED) is 0.795. The van der Waals surface area contributed by atoms with E-state index in [1.807, 2.05) is 24.3 Å². The van der Waals surface area contributed by atoms with Gasteiger partial charge in [-0.1, -0.05) is 18.5 Å². The van der Waals surface area contributed by atoms with Gasteiger partial charge in [-0.15, -0.1) is 0 Å². The maximum absolute atomic E-state index is 8.86. The highest BCUT2D eigenvalue weighted by Crippen LogP contribution is 2.21. The summed E-state index contributed by atoms with van der Waals surface area (Å²) in [5.41, 5.74) is 0.810. The lowest BCUT2D eigenvalue weighted by molar-refractivity contribution is 0.264. The van der Waals surface area contributed by atoms with E-state index in [9.17, 15) is 0 Å². The molecule has 0 radical (unpaired) electrons. The number of nitrogens with zero attached hydrogens (tertiary/aromatic N) is 2. The van der Waals surface area contributed by atoms with Crippen LogP contribution in [0.2, 0.25) is 0 Å². The van der Waals surface area contributed by atoms with Gasteiger partial charge in [0.15, 0.2) is 5.82 Å². The Kier molecular flexibility index (Phi) is 4.30. The summed E-state index contributed by atoms with van der Waals surface area (Å²) in [7, 11) is 0.